The zero-order chi connectivity index (χ0) is 25.2. The van der Waals surface area contributed by atoms with Crippen molar-refractivity contribution in [3.05, 3.63) is 94.4 Å². The SMILES string of the molecule is CCOC(=O)c1cnn(-c2ccc(C(=O)Nc3ccccc3-n3ncc4c(=O)[nH]cnc43)cc2)c1C. The van der Waals surface area contributed by atoms with Gasteiger partial charge in [0.25, 0.3) is 11.5 Å². The standard InChI is InChI=1S/C25H21N7O4/c1-3-36-25(35)18-12-28-31(15(18)2)17-10-8-16(9-11-17)23(33)30-20-6-4-5-7-21(20)32-22-19(13-29-32)24(34)27-14-26-22/h4-14H,3H2,1-2H3,(H,30,33)(H,26,27,34). The highest BCUT2D eigenvalue weighted by Crippen LogP contribution is 2.23. The molecule has 5 aromatic rings. The number of fused-ring (bicyclic) bond motifs is 1. The maximum absolute atomic E-state index is 13.0. The normalized spacial score (nSPS) is 10.9. The summed E-state index contributed by atoms with van der Waals surface area (Å²) in [4.78, 5) is 43.9. The molecule has 0 aliphatic rings. The van der Waals surface area contributed by atoms with Gasteiger partial charge in [-0.25, -0.2) is 19.1 Å². The number of hydrogen-bond donors (Lipinski definition) is 2. The van der Waals surface area contributed by atoms with Crippen LogP contribution in [-0.2, 0) is 4.74 Å². The van der Waals surface area contributed by atoms with E-state index in [4.69, 9.17) is 4.74 Å². The lowest BCUT2D eigenvalue weighted by Gasteiger charge is -2.12. The number of carbonyl (C=O) groups is 2. The molecule has 11 nitrogen and oxygen atoms in total. The highest BCUT2D eigenvalue weighted by Gasteiger charge is 2.17. The summed E-state index contributed by atoms with van der Waals surface area (Å²) in [5.74, 6) is -0.763. The number of aromatic nitrogens is 6. The minimum Gasteiger partial charge on any atom is -0.462 e. The molecule has 0 unspecified atom stereocenters. The van der Waals surface area contributed by atoms with Crippen LogP contribution in [0.1, 0.15) is 33.3 Å². The number of esters is 1. The number of carbonyl (C=O) groups excluding carboxylic acids is 2. The molecule has 0 saturated heterocycles. The quantitative estimate of drug-likeness (QED) is 0.354. The molecule has 0 radical (unpaired) electrons. The minimum absolute atomic E-state index is 0.280. The first-order valence-electron chi connectivity index (χ1n) is 11.1. The number of hydrogen-bond acceptors (Lipinski definition) is 7. The third-order valence-electron chi connectivity index (χ3n) is 5.63. The molecular formula is C25H21N7O4. The second-order valence-corrected chi connectivity index (χ2v) is 7.82. The largest absolute Gasteiger partial charge is 0.462 e. The first kappa shape index (κ1) is 22.7. The van der Waals surface area contributed by atoms with Gasteiger partial charge in [0.05, 0.1) is 48.1 Å². The average Bonchev–Trinajstić information content (AvgIpc) is 3.49. The van der Waals surface area contributed by atoms with Crippen molar-refractivity contribution >= 4 is 28.6 Å². The van der Waals surface area contributed by atoms with Crippen LogP contribution in [0.15, 0.2) is 72.0 Å². The Labute approximate surface area is 204 Å². The molecule has 11 heteroatoms. The maximum Gasteiger partial charge on any atom is 0.341 e. The smallest absolute Gasteiger partial charge is 0.341 e. The lowest BCUT2D eigenvalue weighted by atomic mass is 10.1. The summed E-state index contributed by atoms with van der Waals surface area (Å²) in [6, 6.07) is 13.9. The molecule has 3 heterocycles. The van der Waals surface area contributed by atoms with Gasteiger partial charge in [0.1, 0.15) is 10.9 Å². The van der Waals surface area contributed by atoms with Crippen LogP contribution in [0.3, 0.4) is 0 Å². The Morgan fingerprint density at radius 1 is 1.03 bits per heavy atom. The van der Waals surface area contributed by atoms with Crippen LogP contribution >= 0.6 is 0 Å². The number of nitrogens with zero attached hydrogens (tertiary/aromatic N) is 5. The highest BCUT2D eigenvalue weighted by atomic mass is 16.5. The van der Waals surface area contributed by atoms with Crippen molar-refractivity contribution in [2.24, 2.45) is 0 Å². The Morgan fingerprint density at radius 2 is 1.78 bits per heavy atom. The number of nitrogens with one attached hydrogen (secondary N) is 2. The van der Waals surface area contributed by atoms with E-state index in [1.165, 1.54) is 23.4 Å². The van der Waals surface area contributed by atoms with Gasteiger partial charge in [-0.1, -0.05) is 12.1 Å². The van der Waals surface area contributed by atoms with Crippen molar-refractivity contribution in [3.63, 3.8) is 0 Å². The lowest BCUT2D eigenvalue weighted by Crippen LogP contribution is -2.14. The zero-order valence-corrected chi connectivity index (χ0v) is 19.4. The van der Waals surface area contributed by atoms with Gasteiger partial charge < -0.3 is 15.0 Å². The number of benzene rings is 2. The lowest BCUT2D eigenvalue weighted by molar-refractivity contribution is 0.0525. The van der Waals surface area contributed by atoms with E-state index in [-0.39, 0.29) is 18.1 Å². The van der Waals surface area contributed by atoms with Crippen LogP contribution in [0.2, 0.25) is 0 Å². The van der Waals surface area contributed by atoms with Crippen molar-refractivity contribution in [1.29, 1.82) is 0 Å². The Hall–Kier alpha value is -5.06. The molecule has 5 rings (SSSR count). The summed E-state index contributed by atoms with van der Waals surface area (Å²) in [6.07, 6.45) is 4.21. The van der Waals surface area contributed by atoms with Crippen molar-refractivity contribution in [1.82, 2.24) is 29.5 Å². The van der Waals surface area contributed by atoms with Crippen LogP contribution in [0, 0.1) is 6.92 Å². The van der Waals surface area contributed by atoms with Gasteiger partial charge in [-0.05, 0) is 50.2 Å². The summed E-state index contributed by atoms with van der Waals surface area (Å²) in [6.45, 7) is 3.80. The number of ether oxygens (including phenoxy) is 1. The predicted molar refractivity (Wildman–Crippen MR) is 132 cm³/mol. The number of H-pyrrole nitrogens is 1. The van der Waals surface area contributed by atoms with Gasteiger partial charge >= 0.3 is 5.97 Å². The first-order chi connectivity index (χ1) is 17.5. The number of para-hydroxylation sites is 2. The molecule has 0 atom stereocenters. The topological polar surface area (TPSA) is 137 Å². The number of amides is 1. The van der Waals surface area contributed by atoms with E-state index in [0.717, 1.165) is 0 Å². The average molecular weight is 483 g/mol. The summed E-state index contributed by atoms with van der Waals surface area (Å²) < 4.78 is 8.18. The molecule has 36 heavy (non-hydrogen) atoms. The monoisotopic (exact) mass is 483 g/mol. The second-order valence-electron chi connectivity index (χ2n) is 7.82. The molecule has 2 N–H and O–H groups in total. The van der Waals surface area contributed by atoms with E-state index >= 15 is 0 Å². The van der Waals surface area contributed by atoms with Crippen LogP contribution in [0.5, 0.6) is 0 Å². The van der Waals surface area contributed by atoms with Gasteiger partial charge in [-0.2, -0.15) is 10.2 Å². The summed E-state index contributed by atoms with van der Waals surface area (Å²) in [7, 11) is 0. The van der Waals surface area contributed by atoms with Gasteiger partial charge in [-0.15, -0.1) is 0 Å². The third kappa shape index (κ3) is 4.02. The Balaban J connectivity index is 1.40. The van der Waals surface area contributed by atoms with Crippen molar-refractivity contribution < 1.29 is 14.3 Å². The van der Waals surface area contributed by atoms with Crippen molar-refractivity contribution in [2.75, 3.05) is 11.9 Å². The van der Waals surface area contributed by atoms with E-state index in [1.807, 2.05) is 0 Å². The molecular weight excluding hydrogens is 462 g/mol. The van der Waals surface area contributed by atoms with Gasteiger partial charge in [-0.3, -0.25) is 9.59 Å². The highest BCUT2D eigenvalue weighted by molar-refractivity contribution is 6.05. The molecule has 0 fully saturated rings. The fourth-order valence-corrected chi connectivity index (χ4v) is 3.82. The molecule has 0 spiro atoms. The fraction of sp³-hybridized carbons (Fsp3) is 0.120. The van der Waals surface area contributed by atoms with Gasteiger partial charge in [0, 0.05) is 5.56 Å². The second kappa shape index (κ2) is 9.29. The van der Waals surface area contributed by atoms with E-state index in [0.29, 0.717) is 44.9 Å². The van der Waals surface area contributed by atoms with Crippen LogP contribution in [0.4, 0.5) is 5.69 Å². The third-order valence-corrected chi connectivity index (χ3v) is 5.63. The van der Waals surface area contributed by atoms with Crippen molar-refractivity contribution in [3.8, 4) is 11.4 Å². The molecule has 0 aliphatic heterocycles. The number of rotatable bonds is 6. The molecule has 0 saturated carbocycles. The molecule has 3 aromatic heterocycles. The zero-order valence-electron chi connectivity index (χ0n) is 19.4. The maximum atomic E-state index is 13.0. The van der Waals surface area contributed by atoms with Crippen LogP contribution < -0.4 is 10.9 Å². The van der Waals surface area contributed by atoms with Crippen LogP contribution in [0.25, 0.3) is 22.4 Å². The Kier molecular flexibility index (Phi) is 5.87. The summed E-state index contributed by atoms with van der Waals surface area (Å²) >= 11 is 0. The number of anilines is 1. The van der Waals surface area contributed by atoms with E-state index in [2.05, 4.69) is 25.5 Å². The Bertz CT molecular complexity index is 1650. The summed E-state index contributed by atoms with van der Waals surface area (Å²) in [5, 5.41) is 11.8. The van der Waals surface area contributed by atoms with Gasteiger partial charge in [0.2, 0.25) is 0 Å². The molecule has 0 bridgehead atoms. The van der Waals surface area contributed by atoms with E-state index in [9.17, 15) is 14.4 Å². The predicted octanol–water partition coefficient (Wildman–Crippen LogP) is 3.03. The van der Waals surface area contributed by atoms with E-state index < -0.39 is 5.97 Å². The molecule has 1 amide bonds. The molecule has 2 aromatic carbocycles. The molecule has 0 aliphatic carbocycles. The first-order valence-corrected chi connectivity index (χ1v) is 11.1. The van der Waals surface area contributed by atoms with Gasteiger partial charge in [0.15, 0.2) is 5.65 Å². The Morgan fingerprint density at radius 3 is 2.56 bits per heavy atom. The van der Waals surface area contributed by atoms with E-state index in [1.54, 1.807) is 67.1 Å². The minimum atomic E-state index is -0.430. The molecule has 180 valence electrons. The van der Waals surface area contributed by atoms with Crippen molar-refractivity contribution in [2.45, 2.75) is 13.8 Å². The fourth-order valence-electron chi connectivity index (χ4n) is 3.82. The number of aromatic amines is 1. The summed E-state index contributed by atoms with van der Waals surface area (Å²) in [5.41, 5.74) is 3.28. The van der Waals surface area contributed by atoms with Crippen LogP contribution in [-0.4, -0.2) is 48.0 Å².